The number of hydrogen-bond donors (Lipinski definition) is 0. The number of benzene rings is 3. The molecule has 5 heteroatoms. The second-order valence-electron chi connectivity index (χ2n) is 9.25. The zero-order valence-electron chi connectivity index (χ0n) is 21.3. The van der Waals surface area contributed by atoms with Crippen LogP contribution in [0.15, 0.2) is 70.9 Å². The van der Waals surface area contributed by atoms with Gasteiger partial charge in [0.2, 0.25) is 0 Å². The van der Waals surface area contributed by atoms with E-state index in [4.69, 9.17) is 14.2 Å². The van der Waals surface area contributed by atoms with Gasteiger partial charge in [-0.2, -0.15) is 0 Å². The van der Waals surface area contributed by atoms with Crippen LogP contribution in [0.5, 0.6) is 17.2 Å². The second-order valence-corrected chi connectivity index (χ2v) is 11.5. The average Bonchev–Trinajstić information content (AvgIpc) is 3.52. The molecular formula is C31H32O3S2. The second kappa shape index (κ2) is 11.0. The molecule has 0 saturated heterocycles. The van der Waals surface area contributed by atoms with Crippen molar-refractivity contribution >= 4 is 23.1 Å². The minimum atomic E-state index is 0.498. The van der Waals surface area contributed by atoms with E-state index in [1.165, 1.54) is 36.9 Å². The number of fused-ring (bicyclic) bond motifs is 1. The minimum absolute atomic E-state index is 0.498. The van der Waals surface area contributed by atoms with Crippen molar-refractivity contribution in [3.63, 3.8) is 0 Å². The largest absolute Gasteiger partial charge is 0.493 e. The van der Waals surface area contributed by atoms with E-state index in [1.54, 1.807) is 23.1 Å². The molecule has 0 N–H and O–H groups in total. The summed E-state index contributed by atoms with van der Waals surface area (Å²) in [5.74, 6) is 3.22. The molecule has 2 heterocycles. The lowest BCUT2D eigenvalue weighted by Gasteiger charge is -2.15. The Morgan fingerprint density at radius 2 is 1.72 bits per heavy atom. The van der Waals surface area contributed by atoms with Gasteiger partial charge in [0.15, 0.2) is 0 Å². The van der Waals surface area contributed by atoms with Crippen molar-refractivity contribution in [1.29, 1.82) is 0 Å². The summed E-state index contributed by atoms with van der Waals surface area (Å²) in [6.45, 7) is 8.40. The van der Waals surface area contributed by atoms with Gasteiger partial charge in [0.1, 0.15) is 30.5 Å². The molecule has 36 heavy (non-hydrogen) atoms. The van der Waals surface area contributed by atoms with Gasteiger partial charge in [0.05, 0.1) is 10.8 Å². The van der Waals surface area contributed by atoms with Gasteiger partial charge in [-0.3, -0.25) is 0 Å². The van der Waals surface area contributed by atoms with Crippen molar-refractivity contribution in [3.05, 3.63) is 93.9 Å². The lowest BCUT2D eigenvalue weighted by atomic mass is 9.94. The van der Waals surface area contributed by atoms with Crippen LogP contribution in [0.1, 0.15) is 46.4 Å². The van der Waals surface area contributed by atoms with Crippen molar-refractivity contribution < 1.29 is 14.2 Å². The molecule has 5 rings (SSSR count). The van der Waals surface area contributed by atoms with Gasteiger partial charge in [0.25, 0.3) is 0 Å². The van der Waals surface area contributed by atoms with Crippen LogP contribution in [0.2, 0.25) is 0 Å². The molecule has 1 unspecified atom stereocenters. The molecule has 0 aliphatic carbocycles. The summed E-state index contributed by atoms with van der Waals surface area (Å²) in [5.41, 5.74) is 7.30. The number of rotatable bonds is 9. The van der Waals surface area contributed by atoms with Gasteiger partial charge in [-0.25, -0.2) is 0 Å². The third kappa shape index (κ3) is 5.42. The Bertz CT molecular complexity index is 1330. The smallest absolute Gasteiger partial charge is 0.126 e. The monoisotopic (exact) mass is 516 g/mol. The molecule has 0 saturated carbocycles. The molecule has 1 atom stereocenters. The lowest BCUT2D eigenvalue weighted by Crippen LogP contribution is -1.98. The van der Waals surface area contributed by atoms with Crippen LogP contribution in [0.3, 0.4) is 0 Å². The van der Waals surface area contributed by atoms with Crippen LogP contribution >= 0.6 is 23.1 Å². The summed E-state index contributed by atoms with van der Waals surface area (Å²) in [7, 11) is 0. The number of ether oxygens (including phenoxy) is 3. The van der Waals surface area contributed by atoms with Gasteiger partial charge in [-0.1, -0.05) is 31.2 Å². The molecule has 0 bridgehead atoms. The maximum Gasteiger partial charge on any atom is 0.126 e. The Kier molecular flexibility index (Phi) is 7.59. The average molecular weight is 517 g/mol. The van der Waals surface area contributed by atoms with Crippen molar-refractivity contribution in [2.45, 2.75) is 50.5 Å². The first kappa shape index (κ1) is 24.8. The fraction of sp³-hybridized carbons (Fsp3) is 0.290. The molecule has 0 amide bonds. The highest BCUT2D eigenvalue weighted by Crippen LogP contribution is 2.38. The number of thioether (sulfide) groups is 1. The Balaban J connectivity index is 1.27. The molecule has 4 aromatic rings. The summed E-state index contributed by atoms with van der Waals surface area (Å²) >= 11 is 3.56. The van der Waals surface area contributed by atoms with E-state index in [0.29, 0.717) is 19.1 Å². The number of aryl methyl sites for hydroxylation is 2. The SMILES string of the molecule is CCC1COc2cc(OCc3cccc(-c4c(C)cc(OCc5ccc(SC)s5)cc4C)c3)ccc21. The standard InChI is InChI=1S/C31H32O3S2/c1-5-23-18-34-29-16-25(9-11-28(23)29)32-17-22-7-6-8-24(15-22)31-20(2)13-26(14-21(31)3)33-19-27-10-12-30(35-4)36-27/h6-16,23H,5,17-19H2,1-4H3. The molecule has 0 radical (unpaired) electrons. The van der Waals surface area contributed by atoms with E-state index in [2.05, 4.69) is 87.7 Å². The van der Waals surface area contributed by atoms with Crippen LogP contribution in [0.25, 0.3) is 11.1 Å². The van der Waals surface area contributed by atoms with Crippen molar-refractivity contribution in [2.24, 2.45) is 0 Å². The van der Waals surface area contributed by atoms with Crippen LogP contribution in [0.4, 0.5) is 0 Å². The number of hydrogen-bond acceptors (Lipinski definition) is 5. The van der Waals surface area contributed by atoms with Crippen molar-refractivity contribution in [1.82, 2.24) is 0 Å². The topological polar surface area (TPSA) is 27.7 Å². The maximum absolute atomic E-state index is 6.14. The molecule has 3 nitrogen and oxygen atoms in total. The molecule has 1 aliphatic heterocycles. The van der Waals surface area contributed by atoms with Crippen LogP contribution in [-0.4, -0.2) is 12.9 Å². The third-order valence-electron chi connectivity index (χ3n) is 6.70. The Morgan fingerprint density at radius 3 is 2.47 bits per heavy atom. The Labute approximate surface area is 222 Å². The number of thiophene rings is 1. The highest BCUT2D eigenvalue weighted by molar-refractivity contribution is 8.00. The van der Waals surface area contributed by atoms with E-state index in [-0.39, 0.29) is 0 Å². The first-order valence-corrected chi connectivity index (χ1v) is 14.4. The van der Waals surface area contributed by atoms with Crippen LogP contribution in [-0.2, 0) is 13.2 Å². The van der Waals surface area contributed by atoms with Crippen LogP contribution in [0, 0.1) is 13.8 Å². The Morgan fingerprint density at radius 1 is 0.917 bits per heavy atom. The van der Waals surface area contributed by atoms with E-state index in [0.717, 1.165) is 35.8 Å². The van der Waals surface area contributed by atoms with Gasteiger partial charge in [-0.15, -0.1) is 23.1 Å². The molecule has 0 spiro atoms. The summed E-state index contributed by atoms with van der Waals surface area (Å²) < 4.78 is 19.5. The van der Waals surface area contributed by atoms with Crippen molar-refractivity contribution in [3.8, 4) is 28.4 Å². The van der Waals surface area contributed by atoms with E-state index in [1.807, 2.05) is 6.07 Å². The zero-order chi connectivity index (χ0) is 25.1. The van der Waals surface area contributed by atoms with E-state index >= 15 is 0 Å². The minimum Gasteiger partial charge on any atom is -0.493 e. The zero-order valence-corrected chi connectivity index (χ0v) is 22.9. The summed E-state index contributed by atoms with van der Waals surface area (Å²) in [5, 5.41) is 0. The lowest BCUT2D eigenvalue weighted by molar-refractivity contribution is 0.300. The fourth-order valence-corrected chi connectivity index (χ4v) is 6.34. The molecule has 1 aliphatic rings. The van der Waals surface area contributed by atoms with Gasteiger partial charge < -0.3 is 14.2 Å². The predicted molar refractivity (Wildman–Crippen MR) is 151 cm³/mol. The van der Waals surface area contributed by atoms with Crippen LogP contribution < -0.4 is 14.2 Å². The summed E-state index contributed by atoms with van der Waals surface area (Å²) in [6.07, 6.45) is 3.20. The van der Waals surface area contributed by atoms with Gasteiger partial charge in [0, 0.05) is 22.4 Å². The Hall–Kier alpha value is -2.89. The molecule has 0 fully saturated rings. The highest BCUT2D eigenvalue weighted by Gasteiger charge is 2.22. The third-order valence-corrected chi connectivity index (χ3v) is 8.85. The predicted octanol–water partition coefficient (Wildman–Crippen LogP) is 8.80. The highest BCUT2D eigenvalue weighted by atomic mass is 32.2. The molecule has 186 valence electrons. The van der Waals surface area contributed by atoms with E-state index in [9.17, 15) is 0 Å². The first-order valence-electron chi connectivity index (χ1n) is 12.4. The molecule has 3 aromatic carbocycles. The fourth-order valence-electron chi connectivity index (χ4n) is 4.83. The van der Waals surface area contributed by atoms with Gasteiger partial charge >= 0.3 is 0 Å². The summed E-state index contributed by atoms with van der Waals surface area (Å²) in [4.78, 5) is 1.24. The molecule has 1 aromatic heterocycles. The summed E-state index contributed by atoms with van der Waals surface area (Å²) in [6, 6.07) is 23.4. The normalized spacial score (nSPS) is 14.4. The maximum atomic E-state index is 6.14. The molecular weight excluding hydrogens is 484 g/mol. The van der Waals surface area contributed by atoms with Gasteiger partial charge in [-0.05, 0) is 90.7 Å². The first-order chi connectivity index (χ1) is 17.5. The quantitative estimate of drug-likeness (QED) is 0.208. The van der Waals surface area contributed by atoms with E-state index < -0.39 is 0 Å². The van der Waals surface area contributed by atoms with Crippen molar-refractivity contribution in [2.75, 3.05) is 12.9 Å².